The molecule has 0 spiro atoms. The first kappa shape index (κ1) is 12.7. The maximum atomic E-state index is 11.2. The van der Waals surface area contributed by atoms with Gasteiger partial charge in [-0.3, -0.25) is 9.59 Å². The summed E-state index contributed by atoms with van der Waals surface area (Å²) in [5.41, 5.74) is 0. The fraction of sp³-hybridized carbons (Fsp3) is 0.800. The van der Waals surface area contributed by atoms with Crippen LogP contribution in [0.4, 0.5) is 0 Å². The Bertz CT molecular complexity index is 176. The number of Topliss-reactive ketones (excluding diaryl/α,β-unsaturated/α-hetero) is 1. The van der Waals surface area contributed by atoms with E-state index in [1.807, 2.05) is 6.92 Å². The van der Waals surface area contributed by atoms with E-state index in [1.54, 1.807) is 0 Å². The Balaban J connectivity index is 3.56. The summed E-state index contributed by atoms with van der Waals surface area (Å²) in [6.07, 6.45) is 1.56. The minimum absolute atomic E-state index is 0.0104. The number of carbonyl (C=O) groups excluding carboxylic acids is 2. The van der Waals surface area contributed by atoms with E-state index < -0.39 is 0 Å². The third kappa shape index (κ3) is 8.03. The summed E-state index contributed by atoms with van der Waals surface area (Å²) in [6, 6.07) is 0. The maximum Gasteiger partial charge on any atom is 0.196 e. The summed E-state index contributed by atoms with van der Waals surface area (Å²) in [5.74, 6) is 1.38. The summed E-state index contributed by atoms with van der Waals surface area (Å²) >= 11 is 1.23. The number of hydrogen-bond donors (Lipinski definition) is 0. The van der Waals surface area contributed by atoms with Crippen molar-refractivity contribution >= 4 is 22.7 Å². The fourth-order valence-corrected chi connectivity index (χ4v) is 1.50. The fourth-order valence-electron chi connectivity index (χ4n) is 0.911. The Morgan fingerprint density at radius 1 is 1.31 bits per heavy atom. The van der Waals surface area contributed by atoms with Crippen LogP contribution in [0.3, 0.4) is 0 Å². The van der Waals surface area contributed by atoms with Crippen LogP contribution in [0.1, 0.15) is 40.0 Å². The van der Waals surface area contributed by atoms with E-state index in [9.17, 15) is 9.59 Å². The normalized spacial score (nSPS) is 10.5. The standard InChI is InChI=1S/C10H18O2S/c1-4-13-10(12)7-9(11)6-5-8(2)3/h8H,4-7H2,1-3H3. The molecule has 2 nitrogen and oxygen atoms in total. The largest absolute Gasteiger partial charge is 0.299 e. The van der Waals surface area contributed by atoms with Gasteiger partial charge < -0.3 is 0 Å². The SMILES string of the molecule is CCSC(=O)CC(=O)CCC(C)C. The average Bonchev–Trinajstić information content (AvgIpc) is 2.01. The van der Waals surface area contributed by atoms with Gasteiger partial charge in [-0.15, -0.1) is 0 Å². The first-order valence-electron chi connectivity index (χ1n) is 4.73. The second kappa shape index (κ2) is 7.13. The zero-order valence-corrected chi connectivity index (χ0v) is 9.45. The van der Waals surface area contributed by atoms with Gasteiger partial charge in [-0.1, -0.05) is 32.5 Å². The lowest BCUT2D eigenvalue weighted by Crippen LogP contribution is -2.06. The van der Waals surface area contributed by atoms with Crippen molar-refractivity contribution in [3.8, 4) is 0 Å². The predicted molar refractivity (Wildman–Crippen MR) is 56.8 cm³/mol. The molecule has 0 unspecified atom stereocenters. The van der Waals surface area contributed by atoms with Crippen molar-refractivity contribution in [2.45, 2.75) is 40.0 Å². The van der Waals surface area contributed by atoms with E-state index in [2.05, 4.69) is 13.8 Å². The number of carbonyl (C=O) groups is 2. The first-order chi connectivity index (χ1) is 6.06. The molecule has 0 aliphatic rings. The van der Waals surface area contributed by atoms with Crippen molar-refractivity contribution in [2.24, 2.45) is 5.92 Å². The number of hydrogen-bond acceptors (Lipinski definition) is 3. The Labute approximate surface area is 84.5 Å². The van der Waals surface area contributed by atoms with Gasteiger partial charge in [0.2, 0.25) is 0 Å². The van der Waals surface area contributed by atoms with Gasteiger partial charge in [0.05, 0.1) is 6.42 Å². The molecule has 0 fully saturated rings. The average molecular weight is 202 g/mol. The molecular weight excluding hydrogens is 184 g/mol. The van der Waals surface area contributed by atoms with Gasteiger partial charge in [0.25, 0.3) is 0 Å². The smallest absolute Gasteiger partial charge is 0.196 e. The number of ketones is 1. The van der Waals surface area contributed by atoms with E-state index in [1.165, 1.54) is 11.8 Å². The third-order valence-electron chi connectivity index (χ3n) is 1.65. The van der Waals surface area contributed by atoms with Gasteiger partial charge >= 0.3 is 0 Å². The highest BCUT2D eigenvalue weighted by atomic mass is 32.2. The molecule has 0 aliphatic carbocycles. The lowest BCUT2D eigenvalue weighted by Gasteiger charge is -2.02. The van der Waals surface area contributed by atoms with Crippen molar-refractivity contribution in [3.05, 3.63) is 0 Å². The van der Waals surface area contributed by atoms with Crippen LogP contribution in [0.5, 0.6) is 0 Å². The van der Waals surface area contributed by atoms with E-state index in [0.29, 0.717) is 12.3 Å². The van der Waals surface area contributed by atoms with Crippen LogP contribution < -0.4 is 0 Å². The highest BCUT2D eigenvalue weighted by Crippen LogP contribution is 2.09. The molecular formula is C10H18O2S. The minimum Gasteiger partial charge on any atom is -0.299 e. The molecule has 0 bridgehead atoms. The van der Waals surface area contributed by atoms with Gasteiger partial charge in [0.1, 0.15) is 5.78 Å². The molecule has 0 atom stereocenters. The van der Waals surface area contributed by atoms with Gasteiger partial charge in [0, 0.05) is 6.42 Å². The molecule has 0 amide bonds. The molecule has 0 aliphatic heterocycles. The summed E-state index contributed by atoms with van der Waals surface area (Å²) in [6.45, 7) is 6.08. The van der Waals surface area contributed by atoms with Gasteiger partial charge in [0.15, 0.2) is 5.12 Å². The topological polar surface area (TPSA) is 34.1 Å². The van der Waals surface area contributed by atoms with Crippen LogP contribution in [0.2, 0.25) is 0 Å². The van der Waals surface area contributed by atoms with Crippen LogP contribution in [0.25, 0.3) is 0 Å². The summed E-state index contributed by atoms with van der Waals surface area (Å²) < 4.78 is 0. The highest BCUT2D eigenvalue weighted by Gasteiger charge is 2.09. The Morgan fingerprint density at radius 2 is 1.92 bits per heavy atom. The predicted octanol–water partition coefficient (Wildman–Crippen LogP) is 2.66. The van der Waals surface area contributed by atoms with Crippen LogP contribution in [-0.2, 0) is 9.59 Å². The van der Waals surface area contributed by atoms with Crippen molar-refractivity contribution in [2.75, 3.05) is 5.75 Å². The van der Waals surface area contributed by atoms with E-state index in [-0.39, 0.29) is 17.3 Å². The Kier molecular flexibility index (Phi) is 6.96. The Hall–Kier alpha value is -0.310. The van der Waals surface area contributed by atoms with Crippen molar-refractivity contribution in [1.82, 2.24) is 0 Å². The van der Waals surface area contributed by atoms with Crippen molar-refractivity contribution in [1.29, 1.82) is 0 Å². The summed E-state index contributed by atoms with van der Waals surface area (Å²) in [7, 11) is 0. The van der Waals surface area contributed by atoms with Crippen LogP contribution >= 0.6 is 11.8 Å². The maximum absolute atomic E-state index is 11.2. The second-order valence-electron chi connectivity index (χ2n) is 3.45. The quantitative estimate of drug-likeness (QED) is 0.621. The monoisotopic (exact) mass is 202 g/mol. The minimum atomic E-state index is 0.0104. The zero-order valence-electron chi connectivity index (χ0n) is 8.63. The van der Waals surface area contributed by atoms with E-state index >= 15 is 0 Å². The van der Waals surface area contributed by atoms with Crippen molar-refractivity contribution < 1.29 is 9.59 Å². The van der Waals surface area contributed by atoms with Crippen LogP contribution in [0.15, 0.2) is 0 Å². The lowest BCUT2D eigenvalue weighted by atomic mass is 10.0. The first-order valence-corrected chi connectivity index (χ1v) is 5.72. The van der Waals surface area contributed by atoms with Gasteiger partial charge in [-0.05, 0) is 18.1 Å². The summed E-state index contributed by atoms with van der Waals surface area (Å²) in [5, 5.41) is 0.0104. The molecule has 0 aromatic rings. The van der Waals surface area contributed by atoms with Gasteiger partial charge in [-0.2, -0.15) is 0 Å². The molecule has 0 aromatic carbocycles. The third-order valence-corrected chi connectivity index (χ3v) is 2.40. The van der Waals surface area contributed by atoms with E-state index in [0.717, 1.165) is 12.2 Å². The van der Waals surface area contributed by atoms with Gasteiger partial charge in [-0.25, -0.2) is 0 Å². The molecule has 76 valence electrons. The molecule has 3 heteroatoms. The second-order valence-corrected chi connectivity index (χ2v) is 4.77. The molecule has 0 heterocycles. The van der Waals surface area contributed by atoms with Crippen LogP contribution in [-0.4, -0.2) is 16.7 Å². The molecule has 0 saturated heterocycles. The van der Waals surface area contributed by atoms with E-state index in [4.69, 9.17) is 0 Å². The Morgan fingerprint density at radius 3 is 2.38 bits per heavy atom. The van der Waals surface area contributed by atoms with Crippen molar-refractivity contribution in [3.63, 3.8) is 0 Å². The lowest BCUT2D eigenvalue weighted by molar-refractivity contribution is -0.123. The molecule has 0 rings (SSSR count). The molecule has 0 aromatic heterocycles. The zero-order chi connectivity index (χ0) is 10.3. The number of rotatable bonds is 6. The molecule has 13 heavy (non-hydrogen) atoms. The highest BCUT2D eigenvalue weighted by molar-refractivity contribution is 8.13. The molecule has 0 radical (unpaired) electrons. The van der Waals surface area contributed by atoms with Crippen LogP contribution in [0, 0.1) is 5.92 Å². The molecule has 0 saturated carbocycles. The summed E-state index contributed by atoms with van der Waals surface area (Å²) in [4.78, 5) is 22.2. The molecule has 0 N–H and O–H groups in total. The number of thioether (sulfide) groups is 1.